The van der Waals surface area contributed by atoms with Gasteiger partial charge >= 0.3 is 0 Å². The van der Waals surface area contributed by atoms with Gasteiger partial charge in [0, 0.05) is 19.0 Å². The van der Waals surface area contributed by atoms with Crippen molar-refractivity contribution in [3.8, 4) is 0 Å². The highest BCUT2D eigenvalue weighted by molar-refractivity contribution is 5.83. The predicted molar refractivity (Wildman–Crippen MR) is 42.3 cm³/mol. The molecule has 1 aliphatic carbocycles. The summed E-state index contributed by atoms with van der Waals surface area (Å²) >= 11 is 0. The van der Waals surface area contributed by atoms with E-state index in [4.69, 9.17) is 0 Å². The predicted octanol–water partition coefficient (Wildman–Crippen LogP) is 1.32. The minimum atomic E-state index is 0.789. The number of rotatable bonds is 1. The standard InChI is InChI=1S/C8H14N2/c1-2-6-9-8(3-1)10-7-4-5-7/h7H,1-6H2,(H,9,10). The van der Waals surface area contributed by atoms with Crippen LogP contribution < -0.4 is 5.32 Å². The zero-order chi connectivity index (χ0) is 6.81. The van der Waals surface area contributed by atoms with Crippen LogP contribution in [0.2, 0.25) is 0 Å². The van der Waals surface area contributed by atoms with E-state index in [1.54, 1.807) is 0 Å². The van der Waals surface area contributed by atoms with Gasteiger partial charge < -0.3 is 5.32 Å². The third-order valence-corrected chi connectivity index (χ3v) is 2.07. The van der Waals surface area contributed by atoms with Gasteiger partial charge in [-0.1, -0.05) is 0 Å². The molecule has 1 fully saturated rings. The smallest absolute Gasteiger partial charge is 0.0965 e. The number of nitrogens with one attached hydrogen (secondary N) is 1. The molecule has 2 aliphatic rings. The van der Waals surface area contributed by atoms with Crippen LogP contribution in [-0.4, -0.2) is 18.4 Å². The summed E-state index contributed by atoms with van der Waals surface area (Å²) in [6.45, 7) is 1.05. The lowest BCUT2D eigenvalue weighted by Gasteiger charge is -2.12. The van der Waals surface area contributed by atoms with Crippen LogP contribution in [0.1, 0.15) is 32.1 Å². The largest absolute Gasteiger partial charge is 0.371 e. The molecule has 0 spiro atoms. The maximum Gasteiger partial charge on any atom is 0.0965 e. The van der Waals surface area contributed by atoms with E-state index in [9.17, 15) is 0 Å². The summed E-state index contributed by atoms with van der Waals surface area (Å²) in [6, 6.07) is 0.789. The van der Waals surface area contributed by atoms with Crippen molar-refractivity contribution < 1.29 is 0 Å². The molecule has 2 rings (SSSR count). The van der Waals surface area contributed by atoms with Gasteiger partial charge in [0.15, 0.2) is 0 Å². The Labute approximate surface area is 61.7 Å². The van der Waals surface area contributed by atoms with E-state index >= 15 is 0 Å². The Balaban J connectivity index is 1.83. The van der Waals surface area contributed by atoms with Gasteiger partial charge in [0.1, 0.15) is 0 Å². The summed E-state index contributed by atoms with van der Waals surface area (Å²) in [6.07, 6.45) is 6.53. The molecule has 1 saturated carbocycles. The lowest BCUT2D eigenvalue weighted by atomic mass is 10.2. The lowest BCUT2D eigenvalue weighted by molar-refractivity contribution is 0.705. The van der Waals surface area contributed by atoms with Crippen molar-refractivity contribution >= 4 is 5.84 Å². The number of aliphatic imine (C=N–C) groups is 1. The van der Waals surface area contributed by atoms with Gasteiger partial charge in [-0.15, -0.1) is 0 Å². The van der Waals surface area contributed by atoms with Crippen molar-refractivity contribution in [1.29, 1.82) is 0 Å². The Bertz CT molecular complexity index is 147. The second-order valence-electron chi connectivity index (χ2n) is 3.20. The summed E-state index contributed by atoms with van der Waals surface area (Å²) < 4.78 is 0. The third kappa shape index (κ3) is 1.49. The molecule has 2 heteroatoms. The molecular weight excluding hydrogens is 124 g/mol. The highest BCUT2D eigenvalue weighted by Gasteiger charge is 2.22. The fourth-order valence-electron chi connectivity index (χ4n) is 1.28. The van der Waals surface area contributed by atoms with Gasteiger partial charge in [0.25, 0.3) is 0 Å². The monoisotopic (exact) mass is 138 g/mol. The van der Waals surface area contributed by atoms with Gasteiger partial charge in [-0.2, -0.15) is 0 Å². The first kappa shape index (κ1) is 6.20. The first-order valence-corrected chi connectivity index (χ1v) is 4.25. The number of amidine groups is 1. The molecule has 0 amide bonds. The van der Waals surface area contributed by atoms with E-state index in [0.717, 1.165) is 12.6 Å². The fourth-order valence-corrected chi connectivity index (χ4v) is 1.28. The number of nitrogens with zero attached hydrogens (tertiary/aromatic N) is 1. The molecule has 2 nitrogen and oxygen atoms in total. The second-order valence-corrected chi connectivity index (χ2v) is 3.20. The Morgan fingerprint density at radius 3 is 2.80 bits per heavy atom. The van der Waals surface area contributed by atoms with Crippen molar-refractivity contribution in [2.45, 2.75) is 38.1 Å². The average molecular weight is 138 g/mol. The summed E-state index contributed by atoms with van der Waals surface area (Å²) in [4.78, 5) is 4.42. The summed E-state index contributed by atoms with van der Waals surface area (Å²) in [5.74, 6) is 1.27. The molecule has 1 aliphatic heterocycles. The van der Waals surface area contributed by atoms with E-state index in [2.05, 4.69) is 10.3 Å². The normalized spacial score (nSPS) is 25.8. The van der Waals surface area contributed by atoms with Crippen LogP contribution in [0.5, 0.6) is 0 Å². The summed E-state index contributed by atoms with van der Waals surface area (Å²) in [5.41, 5.74) is 0. The van der Waals surface area contributed by atoms with Gasteiger partial charge in [-0.05, 0) is 25.7 Å². The SMILES string of the molecule is C1CCC(NC2CC2)=NC1. The topological polar surface area (TPSA) is 24.4 Å². The zero-order valence-electron chi connectivity index (χ0n) is 6.27. The van der Waals surface area contributed by atoms with Crippen molar-refractivity contribution in [2.24, 2.45) is 4.99 Å². The Morgan fingerprint density at radius 1 is 1.30 bits per heavy atom. The quantitative estimate of drug-likeness (QED) is 0.580. The highest BCUT2D eigenvalue weighted by Crippen LogP contribution is 2.19. The molecule has 0 bridgehead atoms. The molecule has 0 aromatic heterocycles. The van der Waals surface area contributed by atoms with Gasteiger partial charge in [-0.3, -0.25) is 4.99 Å². The molecule has 0 unspecified atom stereocenters. The molecule has 0 saturated heterocycles. The Morgan fingerprint density at radius 2 is 2.20 bits per heavy atom. The molecule has 10 heavy (non-hydrogen) atoms. The first-order valence-electron chi connectivity index (χ1n) is 4.25. The maximum absolute atomic E-state index is 4.42. The average Bonchev–Trinajstić information content (AvgIpc) is 2.74. The van der Waals surface area contributed by atoms with Crippen LogP contribution in [-0.2, 0) is 0 Å². The third-order valence-electron chi connectivity index (χ3n) is 2.07. The van der Waals surface area contributed by atoms with E-state index in [0.29, 0.717) is 0 Å². The molecule has 0 radical (unpaired) electrons. The van der Waals surface area contributed by atoms with Crippen molar-refractivity contribution in [1.82, 2.24) is 5.32 Å². The van der Waals surface area contributed by atoms with Crippen LogP contribution in [0.25, 0.3) is 0 Å². The Hall–Kier alpha value is -0.530. The molecule has 0 aromatic rings. The summed E-state index contributed by atoms with van der Waals surface area (Å²) in [5, 5.41) is 3.44. The van der Waals surface area contributed by atoms with Gasteiger partial charge in [0.2, 0.25) is 0 Å². The van der Waals surface area contributed by atoms with Crippen molar-refractivity contribution in [3.63, 3.8) is 0 Å². The van der Waals surface area contributed by atoms with Crippen LogP contribution >= 0.6 is 0 Å². The van der Waals surface area contributed by atoms with E-state index < -0.39 is 0 Å². The second kappa shape index (κ2) is 2.60. The van der Waals surface area contributed by atoms with Crippen LogP contribution in [0, 0.1) is 0 Å². The maximum atomic E-state index is 4.42. The van der Waals surface area contributed by atoms with E-state index in [1.807, 2.05) is 0 Å². The van der Waals surface area contributed by atoms with Crippen LogP contribution in [0.15, 0.2) is 4.99 Å². The van der Waals surface area contributed by atoms with E-state index in [-0.39, 0.29) is 0 Å². The zero-order valence-corrected chi connectivity index (χ0v) is 6.27. The highest BCUT2D eigenvalue weighted by atomic mass is 15.0. The van der Waals surface area contributed by atoms with Crippen molar-refractivity contribution in [3.05, 3.63) is 0 Å². The summed E-state index contributed by atoms with van der Waals surface area (Å²) in [7, 11) is 0. The number of hydrogen-bond acceptors (Lipinski definition) is 2. The first-order chi connectivity index (χ1) is 4.95. The van der Waals surface area contributed by atoms with Crippen molar-refractivity contribution in [2.75, 3.05) is 6.54 Å². The molecule has 0 atom stereocenters. The minimum absolute atomic E-state index is 0.789. The Kier molecular flexibility index (Phi) is 1.61. The van der Waals surface area contributed by atoms with E-state index in [1.165, 1.54) is 37.9 Å². The fraction of sp³-hybridized carbons (Fsp3) is 0.875. The lowest BCUT2D eigenvalue weighted by Crippen LogP contribution is -2.27. The minimum Gasteiger partial charge on any atom is -0.371 e. The van der Waals surface area contributed by atoms with Crippen LogP contribution in [0.4, 0.5) is 0 Å². The molecule has 0 aromatic carbocycles. The van der Waals surface area contributed by atoms with Crippen LogP contribution in [0.3, 0.4) is 0 Å². The number of hydrogen-bond donors (Lipinski definition) is 1. The molecular formula is C8H14N2. The molecule has 1 N–H and O–H groups in total. The molecule has 56 valence electrons. The molecule has 1 heterocycles. The van der Waals surface area contributed by atoms with Gasteiger partial charge in [-0.25, -0.2) is 0 Å². The van der Waals surface area contributed by atoms with Gasteiger partial charge in [0.05, 0.1) is 5.84 Å².